The van der Waals surface area contributed by atoms with Crippen molar-refractivity contribution < 1.29 is 14.6 Å². The summed E-state index contributed by atoms with van der Waals surface area (Å²) in [6, 6.07) is 1.76. The van der Waals surface area contributed by atoms with E-state index >= 15 is 0 Å². The lowest BCUT2D eigenvalue weighted by molar-refractivity contribution is 0.0696. The Morgan fingerprint density at radius 3 is 2.72 bits per heavy atom. The molecule has 0 aliphatic rings. The zero-order chi connectivity index (χ0) is 13.7. The molecule has 100 valence electrons. The first-order valence-electron chi connectivity index (χ1n) is 5.98. The van der Waals surface area contributed by atoms with Crippen molar-refractivity contribution in [3.63, 3.8) is 0 Å². The maximum Gasteiger partial charge on any atom is 0.339 e. The van der Waals surface area contributed by atoms with Gasteiger partial charge >= 0.3 is 5.97 Å². The molecule has 0 aromatic carbocycles. The third kappa shape index (κ3) is 4.00. The van der Waals surface area contributed by atoms with Crippen LogP contribution >= 0.6 is 0 Å². The molecular weight excluding hydrogens is 232 g/mol. The largest absolute Gasteiger partial charge is 0.478 e. The summed E-state index contributed by atoms with van der Waals surface area (Å²) in [5.74, 6) is -0.556. The van der Waals surface area contributed by atoms with E-state index in [2.05, 4.69) is 10.3 Å². The smallest absolute Gasteiger partial charge is 0.339 e. The molecule has 0 bridgehead atoms. The number of carboxylic acid groups (broad SMARTS) is 1. The SMILES string of the molecule is Cc1cc(C)c(C(=O)O)c(NCCOC(C)C)n1. The molecule has 0 fully saturated rings. The summed E-state index contributed by atoms with van der Waals surface area (Å²) >= 11 is 0. The zero-order valence-corrected chi connectivity index (χ0v) is 11.3. The van der Waals surface area contributed by atoms with E-state index in [0.717, 1.165) is 5.69 Å². The van der Waals surface area contributed by atoms with E-state index in [9.17, 15) is 9.90 Å². The van der Waals surface area contributed by atoms with Crippen LogP contribution in [0, 0.1) is 13.8 Å². The number of hydrogen-bond acceptors (Lipinski definition) is 4. The van der Waals surface area contributed by atoms with E-state index in [0.29, 0.717) is 24.5 Å². The van der Waals surface area contributed by atoms with Crippen LogP contribution in [0.25, 0.3) is 0 Å². The minimum atomic E-state index is -0.965. The number of carbonyl (C=O) groups is 1. The predicted molar refractivity (Wildman–Crippen MR) is 70.2 cm³/mol. The molecule has 18 heavy (non-hydrogen) atoms. The van der Waals surface area contributed by atoms with E-state index in [1.54, 1.807) is 13.0 Å². The van der Waals surface area contributed by atoms with Gasteiger partial charge < -0.3 is 15.2 Å². The van der Waals surface area contributed by atoms with Crippen molar-refractivity contribution in [1.82, 2.24) is 4.98 Å². The average Bonchev–Trinajstić information content (AvgIpc) is 2.22. The number of pyridine rings is 1. The standard InChI is InChI=1S/C13H20N2O3/c1-8(2)18-6-5-14-12-11(13(16)17)9(3)7-10(4)15-12/h7-8H,5-6H2,1-4H3,(H,14,15)(H,16,17). The van der Waals surface area contributed by atoms with Gasteiger partial charge in [0.1, 0.15) is 11.4 Å². The van der Waals surface area contributed by atoms with E-state index < -0.39 is 5.97 Å². The van der Waals surface area contributed by atoms with Gasteiger partial charge in [-0.15, -0.1) is 0 Å². The van der Waals surface area contributed by atoms with Crippen LogP contribution in [0.1, 0.15) is 35.5 Å². The topological polar surface area (TPSA) is 71.5 Å². The monoisotopic (exact) mass is 252 g/mol. The summed E-state index contributed by atoms with van der Waals surface area (Å²) in [6.07, 6.45) is 0.165. The maximum absolute atomic E-state index is 11.2. The highest BCUT2D eigenvalue weighted by atomic mass is 16.5. The summed E-state index contributed by atoms with van der Waals surface area (Å²) < 4.78 is 5.39. The van der Waals surface area contributed by atoms with Gasteiger partial charge in [-0.25, -0.2) is 9.78 Å². The predicted octanol–water partition coefficient (Wildman–Crippen LogP) is 2.23. The van der Waals surface area contributed by atoms with Gasteiger partial charge in [-0.1, -0.05) is 0 Å². The van der Waals surface area contributed by atoms with E-state index in [1.165, 1.54) is 0 Å². The second kappa shape index (κ2) is 6.35. The van der Waals surface area contributed by atoms with Crippen molar-refractivity contribution in [3.8, 4) is 0 Å². The Morgan fingerprint density at radius 2 is 2.17 bits per heavy atom. The zero-order valence-electron chi connectivity index (χ0n) is 11.3. The summed E-state index contributed by atoms with van der Waals surface area (Å²) in [4.78, 5) is 15.4. The Balaban J connectivity index is 2.77. The number of carboxylic acids is 1. The molecule has 0 saturated heterocycles. The van der Waals surface area contributed by atoms with Gasteiger partial charge in [0.2, 0.25) is 0 Å². The van der Waals surface area contributed by atoms with Gasteiger partial charge in [0, 0.05) is 12.2 Å². The third-order valence-electron chi connectivity index (χ3n) is 2.40. The number of anilines is 1. The Kier molecular flexibility index (Phi) is 5.09. The molecule has 2 N–H and O–H groups in total. The Labute approximate surface area is 107 Å². The summed E-state index contributed by atoms with van der Waals surface area (Å²) in [7, 11) is 0. The van der Waals surface area contributed by atoms with Crippen molar-refractivity contribution >= 4 is 11.8 Å². The molecule has 1 aromatic heterocycles. The van der Waals surface area contributed by atoms with Gasteiger partial charge in [0.15, 0.2) is 0 Å². The van der Waals surface area contributed by atoms with Gasteiger partial charge in [-0.3, -0.25) is 0 Å². The first-order valence-corrected chi connectivity index (χ1v) is 5.98. The lowest BCUT2D eigenvalue weighted by atomic mass is 10.1. The van der Waals surface area contributed by atoms with Gasteiger partial charge in [0.05, 0.1) is 12.7 Å². The van der Waals surface area contributed by atoms with Gasteiger partial charge in [-0.2, -0.15) is 0 Å². The van der Waals surface area contributed by atoms with Crippen LogP contribution in [0.3, 0.4) is 0 Å². The number of nitrogens with one attached hydrogen (secondary N) is 1. The minimum absolute atomic E-state index is 0.165. The number of nitrogens with zero attached hydrogens (tertiary/aromatic N) is 1. The second-order valence-electron chi connectivity index (χ2n) is 4.46. The van der Waals surface area contributed by atoms with Gasteiger partial charge in [0.25, 0.3) is 0 Å². The molecule has 5 heteroatoms. The quantitative estimate of drug-likeness (QED) is 0.760. The third-order valence-corrected chi connectivity index (χ3v) is 2.40. The normalized spacial score (nSPS) is 10.7. The fourth-order valence-electron chi connectivity index (χ4n) is 1.70. The van der Waals surface area contributed by atoms with Crippen LogP contribution in [-0.2, 0) is 4.74 Å². The molecule has 0 aliphatic heterocycles. The molecule has 0 radical (unpaired) electrons. The summed E-state index contributed by atoms with van der Waals surface area (Å²) in [6.45, 7) is 8.58. The van der Waals surface area contributed by atoms with E-state index in [-0.39, 0.29) is 11.7 Å². The maximum atomic E-state index is 11.2. The van der Waals surface area contributed by atoms with Crippen LogP contribution in [0.2, 0.25) is 0 Å². The van der Waals surface area contributed by atoms with E-state index in [4.69, 9.17) is 4.74 Å². The molecule has 0 saturated carbocycles. The number of ether oxygens (including phenoxy) is 1. The van der Waals surface area contributed by atoms with Crippen molar-refractivity contribution in [3.05, 3.63) is 22.9 Å². The fourth-order valence-corrected chi connectivity index (χ4v) is 1.70. The first-order chi connectivity index (χ1) is 8.41. The van der Waals surface area contributed by atoms with Crippen LogP contribution in [0.4, 0.5) is 5.82 Å². The molecule has 0 amide bonds. The molecule has 0 spiro atoms. The lowest BCUT2D eigenvalue weighted by Gasteiger charge is -2.13. The first kappa shape index (κ1) is 14.4. The molecule has 1 heterocycles. The number of aromatic carboxylic acids is 1. The fraction of sp³-hybridized carbons (Fsp3) is 0.538. The number of aromatic nitrogens is 1. The second-order valence-corrected chi connectivity index (χ2v) is 4.46. The Bertz CT molecular complexity index is 430. The highest BCUT2D eigenvalue weighted by Gasteiger charge is 2.15. The van der Waals surface area contributed by atoms with Crippen molar-refractivity contribution in [1.29, 1.82) is 0 Å². The minimum Gasteiger partial charge on any atom is -0.478 e. The Hall–Kier alpha value is -1.62. The van der Waals surface area contributed by atoms with Crippen LogP contribution in [0.5, 0.6) is 0 Å². The highest BCUT2D eigenvalue weighted by molar-refractivity contribution is 5.94. The van der Waals surface area contributed by atoms with Crippen LogP contribution < -0.4 is 5.32 Å². The van der Waals surface area contributed by atoms with E-state index in [1.807, 2.05) is 20.8 Å². The molecule has 0 unspecified atom stereocenters. The van der Waals surface area contributed by atoms with Crippen molar-refractivity contribution in [2.24, 2.45) is 0 Å². The number of rotatable bonds is 6. The Morgan fingerprint density at radius 1 is 1.50 bits per heavy atom. The van der Waals surface area contributed by atoms with Crippen molar-refractivity contribution in [2.75, 3.05) is 18.5 Å². The van der Waals surface area contributed by atoms with Crippen molar-refractivity contribution in [2.45, 2.75) is 33.8 Å². The summed E-state index contributed by atoms with van der Waals surface area (Å²) in [5, 5.41) is 12.2. The average molecular weight is 252 g/mol. The van der Waals surface area contributed by atoms with Crippen LogP contribution in [-0.4, -0.2) is 35.3 Å². The molecule has 1 rings (SSSR count). The van der Waals surface area contributed by atoms with Gasteiger partial charge in [-0.05, 0) is 39.3 Å². The summed E-state index contributed by atoms with van der Waals surface area (Å²) in [5.41, 5.74) is 1.73. The molecular formula is C13H20N2O3. The van der Waals surface area contributed by atoms with Crippen LogP contribution in [0.15, 0.2) is 6.07 Å². The lowest BCUT2D eigenvalue weighted by Crippen LogP contribution is -2.17. The number of hydrogen-bond donors (Lipinski definition) is 2. The number of aryl methyl sites for hydroxylation is 2. The molecule has 0 aliphatic carbocycles. The molecule has 1 aromatic rings. The molecule has 0 atom stereocenters. The molecule has 5 nitrogen and oxygen atoms in total. The highest BCUT2D eigenvalue weighted by Crippen LogP contribution is 2.18.